The Labute approximate surface area is 282 Å². The van der Waals surface area contributed by atoms with Gasteiger partial charge in [-0.05, 0) is 137 Å². The molecule has 48 heavy (non-hydrogen) atoms. The molecule has 0 unspecified atom stereocenters. The topological polar surface area (TPSA) is 158 Å². The molecule has 0 spiro atoms. The van der Waals surface area contributed by atoms with E-state index in [1.807, 2.05) is 13.8 Å². The zero-order chi connectivity index (χ0) is 34.5. The highest BCUT2D eigenvalue weighted by molar-refractivity contribution is 5.91. The molecule has 0 aromatic heterocycles. The van der Waals surface area contributed by atoms with Crippen molar-refractivity contribution in [1.82, 2.24) is 10.6 Å². The minimum Gasteiger partial charge on any atom is -0.478 e. The molecule has 0 saturated carbocycles. The Morgan fingerprint density at radius 2 is 0.958 bits per heavy atom. The quantitative estimate of drug-likeness (QED) is 0.348. The molecule has 2 aromatic carbocycles. The summed E-state index contributed by atoms with van der Waals surface area (Å²) in [6.07, 6.45) is 9.11. The number of carboxylic acids is 2. The second kappa shape index (κ2) is 18.2. The SMILES string of the molecule is CCOC(=O)N1CCCc2cc3c(cc21)CCNCC3.CCOC(=O)N1CCCc2cc3c(cc21)CCNCC3.O=C(O)/C=C/C(=O)O. The summed E-state index contributed by atoms with van der Waals surface area (Å²) in [7, 11) is 0. The van der Waals surface area contributed by atoms with Crippen LogP contribution in [0.4, 0.5) is 21.0 Å². The average Bonchev–Trinajstić information content (AvgIpc) is 3.45. The summed E-state index contributed by atoms with van der Waals surface area (Å²) < 4.78 is 10.4. The van der Waals surface area contributed by atoms with Crippen molar-refractivity contribution in [2.75, 3.05) is 62.3 Å². The number of aliphatic carboxylic acids is 2. The monoisotopic (exact) mass is 664 g/mol. The van der Waals surface area contributed by atoms with E-state index in [0.717, 1.165) is 102 Å². The van der Waals surface area contributed by atoms with Crippen LogP contribution in [0.2, 0.25) is 0 Å². The number of rotatable bonds is 4. The maximum atomic E-state index is 12.1. The molecule has 4 N–H and O–H groups in total. The molecule has 260 valence electrons. The fourth-order valence-electron chi connectivity index (χ4n) is 6.45. The maximum Gasteiger partial charge on any atom is 0.414 e. The molecular weight excluding hydrogens is 616 g/mol. The number of carbonyl (C=O) groups is 4. The lowest BCUT2D eigenvalue weighted by molar-refractivity contribution is -0.134. The van der Waals surface area contributed by atoms with E-state index >= 15 is 0 Å². The minimum atomic E-state index is -1.26. The van der Waals surface area contributed by atoms with Gasteiger partial charge in [0.25, 0.3) is 0 Å². The van der Waals surface area contributed by atoms with Crippen molar-refractivity contribution in [1.29, 1.82) is 0 Å². The molecule has 12 nitrogen and oxygen atoms in total. The van der Waals surface area contributed by atoms with Gasteiger partial charge in [0.05, 0.1) is 24.6 Å². The smallest absolute Gasteiger partial charge is 0.414 e. The van der Waals surface area contributed by atoms with Gasteiger partial charge in [0, 0.05) is 25.2 Å². The number of aryl methyl sites for hydroxylation is 2. The van der Waals surface area contributed by atoms with Gasteiger partial charge in [-0.2, -0.15) is 0 Å². The van der Waals surface area contributed by atoms with E-state index < -0.39 is 11.9 Å². The van der Waals surface area contributed by atoms with Crippen LogP contribution < -0.4 is 20.4 Å². The molecule has 12 heteroatoms. The van der Waals surface area contributed by atoms with Crippen molar-refractivity contribution in [3.63, 3.8) is 0 Å². The van der Waals surface area contributed by atoms with Crippen molar-refractivity contribution < 1.29 is 38.9 Å². The van der Waals surface area contributed by atoms with E-state index in [0.29, 0.717) is 25.4 Å². The first-order chi connectivity index (χ1) is 23.2. The zero-order valence-corrected chi connectivity index (χ0v) is 28.0. The highest BCUT2D eigenvalue weighted by atomic mass is 16.6. The van der Waals surface area contributed by atoms with Gasteiger partial charge in [0.2, 0.25) is 0 Å². The van der Waals surface area contributed by atoms with E-state index in [-0.39, 0.29) is 12.2 Å². The number of hydrogen-bond donors (Lipinski definition) is 4. The third-order valence-corrected chi connectivity index (χ3v) is 8.67. The number of nitrogens with zero attached hydrogens (tertiary/aromatic N) is 2. The van der Waals surface area contributed by atoms with Crippen LogP contribution in [0.3, 0.4) is 0 Å². The lowest BCUT2D eigenvalue weighted by Gasteiger charge is -2.30. The average molecular weight is 665 g/mol. The predicted molar refractivity (Wildman–Crippen MR) is 183 cm³/mol. The highest BCUT2D eigenvalue weighted by Gasteiger charge is 2.26. The number of benzene rings is 2. The molecule has 2 aromatic rings. The Hall–Kier alpha value is -4.42. The van der Waals surface area contributed by atoms with Crippen LogP contribution in [0.1, 0.15) is 60.1 Å². The third kappa shape index (κ3) is 10.0. The van der Waals surface area contributed by atoms with Gasteiger partial charge >= 0.3 is 24.1 Å². The first-order valence-corrected chi connectivity index (χ1v) is 16.9. The second-order valence-corrected chi connectivity index (χ2v) is 11.9. The second-order valence-electron chi connectivity index (χ2n) is 11.9. The number of anilines is 2. The van der Waals surface area contributed by atoms with Crippen LogP contribution in [0.5, 0.6) is 0 Å². The first-order valence-electron chi connectivity index (χ1n) is 16.9. The van der Waals surface area contributed by atoms with Gasteiger partial charge in [-0.1, -0.05) is 12.1 Å². The van der Waals surface area contributed by atoms with Gasteiger partial charge in [0.1, 0.15) is 0 Å². The van der Waals surface area contributed by atoms with Gasteiger partial charge in [-0.25, -0.2) is 19.2 Å². The molecule has 0 radical (unpaired) electrons. The third-order valence-electron chi connectivity index (χ3n) is 8.67. The van der Waals surface area contributed by atoms with Crippen LogP contribution in [-0.2, 0) is 57.6 Å². The summed E-state index contributed by atoms with van der Waals surface area (Å²) in [6, 6.07) is 9.05. The molecule has 0 atom stereocenters. The Morgan fingerprint density at radius 1 is 0.604 bits per heavy atom. The van der Waals surface area contributed by atoms with Gasteiger partial charge in [-0.3, -0.25) is 9.80 Å². The number of carbonyl (C=O) groups excluding carboxylic acids is 2. The highest BCUT2D eigenvalue weighted by Crippen LogP contribution is 2.33. The summed E-state index contributed by atoms with van der Waals surface area (Å²) in [5, 5.41) is 22.5. The number of nitrogens with one attached hydrogen (secondary N) is 2. The zero-order valence-electron chi connectivity index (χ0n) is 28.0. The minimum absolute atomic E-state index is 0.208. The summed E-state index contributed by atoms with van der Waals surface area (Å²) in [6.45, 7) is 10.2. The number of amides is 2. The Morgan fingerprint density at radius 3 is 1.29 bits per heavy atom. The summed E-state index contributed by atoms with van der Waals surface area (Å²) in [5.74, 6) is -2.51. The Balaban J connectivity index is 0.000000178. The van der Waals surface area contributed by atoms with E-state index in [2.05, 4.69) is 34.9 Å². The maximum absolute atomic E-state index is 12.1. The molecule has 0 fully saturated rings. The molecular formula is C36H48N4O8. The fraction of sp³-hybridized carbons (Fsp3) is 0.500. The molecule has 0 saturated heterocycles. The van der Waals surface area contributed by atoms with Gasteiger partial charge < -0.3 is 30.3 Å². The van der Waals surface area contributed by atoms with Crippen molar-refractivity contribution in [2.24, 2.45) is 0 Å². The lowest BCUT2D eigenvalue weighted by atomic mass is 9.93. The normalized spacial score (nSPS) is 16.5. The van der Waals surface area contributed by atoms with Crippen molar-refractivity contribution in [3.8, 4) is 0 Å². The van der Waals surface area contributed by atoms with Gasteiger partial charge in [-0.15, -0.1) is 0 Å². The van der Waals surface area contributed by atoms with Crippen LogP contribution >= 0.6 is 0 Å². The van der Waals surface area contributed by atoms with Crippen molar-refractivity contribution >= 4 is 35.5 Å². The molecule has 0 bridgehead atoms. The molecule has 4 aliphatic rings. The van der Waals surface area contributed by atoms with E-state index in [4.69, 9.17) is 19.7 Å². The van der Waals surface area contributed by atoms with E-state index in [1.165, 1.54) is 33.4 Å². The largest absolute Gasteiger partial charge is 0.478 e. The summed E-state index contributed by atoms with van der Waals surface area (Å²) in [5.41, 5.74) is 10.4. The van der Waals surface area contributed by atoms with Crippen LogP contribution in [-0.4, -0.2) is 86.8 Å². The molecule has 0 aliphatic carbocycles. The lowest BCUT2D eigenvalue weighted by Crippen LogP contribution is -2.36. The molecule has 6 rings (SSSR count). The number of ether oxygens (including phenoxy) is 2. The predicted octanol–water partition coefficient (Wildman–Crippen LogP) is 4.28. The number of hydrogen-bond acceptors (Lipinski definition) is 8. The van der Waals surface area contributed by atoms with Gasteiger partial charge in [0.15, 0.2) is 0 Å². The van der Waals surface area contributed by atoms with Crippen molar-refractivity contribution in [2.45, 2.75) is 65.2 Å². The first kappa shape index (κ1) is 36.4. The van der Waals surface area contributed by atoms with E-state index in [1.54, 1.807) is 9.80 Å². The summed E-state index contributed by atoms with van der Waals surface area (Å²) in [4.78, 5) is 46.9. The fourth-order valence-corrected chi connectivity index (χ4v) is 6.45. The van der Waals surface area contributed by atoms with Crippen LogP contribution in [0, 0.1) is 0 Å². The van der Waals surface area contributed by atoms with E-state index in [9.17, 15) is 19.2 Å². The van der Waals surface area contributed by atoms with Crippen molar-refractivity contribution in [3.05, 3.63) is 69.8 Å². The Kier molecular flexibility index (Phi) is 13.8. The standard InChI is InChI=1S/2C16H22N2O2.C4H4O4/c2*1-2-20-16(19)18-9-3-4-14-10-12-5-7-17-8-6-13(12)11-15(14)18;5-3(6)1-2-4(7)8/h2*10-11,17H,2-9H2,1H3;1-2H,(H,5,6)(H,7,8)/b;;2-1+. The number of fused-ring (bicyclic) bond motifs is 4. The molecule has 4 aliphatic heterocycles. The number of carboxylic acid groups (broad SMARTS) is 2. The van der Waals surface area contributed by atoms with Crippen LogP contribution in [0.25, 0.3) is 0 Å². The summed E-state index contributed by atoms with van der Waals surface area (Å²) >= 11 is 0. The van der Waals surface area contributed by atoms with Crippen LogP contribution in [0.15, 0.2) is 36.4 Å². The Bertz CT molecular complexity index is 1380. The molecule has 4 heterocycles. The molecule has 2 amide bonds.